The van der Waals surface area contributed by atoms with Crippen LogP contribution in [0.5, 0.6) is 11.5 Å². The van der Waals surface area contributed by atoms with Gasteiger partial charge < -0.3 is 9.47 Å². The molecular formula is C16H21NO4S. The minimum atomic E-state index is -3.48. The highest BCUT2D eigenvalue weighted by Gasteiger charge is 2.45. The molecule has 2 saturated carbocycles. The molecule has 1 aromatic carbocycles. The average Bonchev–Trinajstić information content (AvgIpc) is 3.38. The Balaban J connectivity index is 1.69. The van der Waals surface area contributed by atoms with E-state index in [1.807, 2.05) is 6.92 Å². The molecule has 0 radical (unpaired) electrons. The molecule has 0 amide bonds. The molecule has 1 heterocycles. The highest BCUT2D eigenvalue weighted by Crippen LogP contribution is 2.43. The molecule has 1 aromatic rings. The van der Waals surface area contributed by atoms with Crippen molar-refractivity contribution in [2.45, 2.75) is 49.6 Å². The molecule has 2 fully saturated rings. The summed E-state index contributed by atoms with van der Waals surface area (Å²) in [4.78, 5) is 0.316. The maximum absolute atomic E-state index is 13.1. The third kappa shape index (κ3) is 2.48. The number of ether oxygens (including phenoxy) is 2. The third-order valence-electron chi connectivity index (χ3n) is 4.70. The van der Waals surface area contributed by atoms with E-state index in [-0.39, 0.29) is 12.1 Å². The first-order chi connectivity index (χ1) is 10.6. The lowest BCUT2D eigenvalue weighted by Gasteiger charge is -2.29. The zero-order chi connectivity index (χ0) is 15.3. The Hall–Kier alpha value is -1.27. The molecule has 0 N–H and O–H groups in total. The monoisotopic (exact) mass is 323 g/mol. The van der Waals surface area contributed by atoms with Crippen molar-refractivity contribution in [3.8, 4) is 11.5 Å². The molecule has 5 nitrogen and oxygen atoms in total. The summed E-state index contributed by atoms with van der Waals surface area (Å²) < 4.78 is 39.0. The Bertz CT molecular complexity index is 679. The van der Waals surface area contributed by atoms with E-state index in [0.29, 0.717) is 35.5 Å². The number of fused-ring (bicyclic) bond motifs is 1. The molecule has 120 valence electrons. The molecule has 0 aromatic heterocycles. The van der Waals surface area contributed by atoms with Crippen molar-refractivity contribution in [3.05, 3.63) is 18.2 Å². The second-order valence-corrected chi connectivity index (χ2v) is 8.29. The fourth-order valence-electron chi connectivity index (χ4n) is 3.17. The summed E-state index contributed by atoms with van der Waals surface area (Å²) in [5, 5.41) is 0. The van der Waals surface area contributed by atoms with Gasteiger partial charge in [0.15, 0.2) is 11.5 Å². The van der Waals surface area contributed by atoms with Crippen molar-refractivity contribution >= 4 is 10.0 Å². The number of sulfonamides is 1. The van der Waals surface area contributed by atoms with Crippen molar-refractivity contribution in [3.63, 3.8) is 0 Å². The van der Waals surface area contributed by atoms with Crippen molar-refractivity contribution in [1.82, 2.24) is 4.31 Å². The molecule has 0 saturated heterocycles. The van der Waals surface area contributed by atoms with Crippen molar-refractivity contribution in [1.29, 1.82) is 0 Å². The number of rotatable bonds is 5. The van der Waals surface area contributed by atoms with Gasteiger partial charge in [0.2, 0.25) is 10.0 Å². The SMILES string of the molecule is C[C@H](C1CC1)N(C1CC1)S(=O)(=O)c1ccc2c(c1)OCCO2. The Kier molecular flexibility index (Phi) is 3.34. The number of hydrogen-bond acceptors (Lipinski definition) is 4. The van der Waals surface area contributed by atoms with Crippen molar-refractivity contribution in [2.24, 2.45) is 5.92 Å². The van der Waals surface area contributed by atoms with Crippen molar-refractivity contribution < 1.29 is 17.9 Å². The van der Waals surface area contributed by atoms with Crippen LogP contribution in [0.1, 0.15) is 32.6 Å². The molecule has 0 unspecified atom stereocenters. The Morgan fingerprint density at radius 1 is 1.09 bits per heavy atom. The number of hydrogen-bond donors (Lipinski definition) is 0. The highest BCUT2D eigenvalue weighted by atomic mass is 32.2. The molecule has 2 aliphatic carbocycles. The topological polar surface area (TPSA) is 55.8 Å². The van der Waals surface area contributed by atoms with Gasteiger partial charge in [-0.15, -0.1) is 0 Å². The number of benzene rings is 1. The van der Waals surface area contributed by atoms with Gasteiger partial charge in [-0.3, -0.25) is 0 Å². The fraction of sp³-hybridized carbons (Fsp3) is 0.625. The predicted molar refractivity (Wildman–Crippen MR) is 81.7 cm³/mol. The fourth-order valence-corrected chi connectivity index (χ4v) is 5.12. The second-order valence-electron chi connectivity index (χ2n) is 6.45. The summed E-state index contributed by atoms with van der Waals surface area (Å²) in [7, 11) is -3.48. The average molecular weight is 323 g/mol. The van der Waals surface area contributed by atoms with Gasteiger partial charge in [0.05, 0.1) is 4.90 Å². The summed E-state index contributed by atoms with van der Waals surface area (Å²) in [6.45, 7) is 3.01. The third-order valence-corrected chi connectivity index (χ3v) is 6.74. The molecule has 1 atom stereocenters. The summed E-state index contributed by atoms with van der Waals surface area (Å²) in [6.07, 6.45) is 4.23. The molecule has 22 heavy (non-hydrogen) atoms. The molecule has 6 heteroatoms. The Labute approximate surface area is 131 Å². The standard InChI is InChI=1S/C16H21NO4S/c1-11(12-2-3-12)17(13-4-5-13)22(18,19)14-6-7-15-16(10-14)21-9-8-20-15/h6-7,10-13H,2-5,8-9H2,1H3/t11-/m1/s1. The van der Waals surface area contributed by atoms with E-state index in [9.17, 15) is 8.42 Å². The first kappa shape index (κ1) is 14.3. The van der Waals surface area contributed by atoms with Crippen LogP contribution in [0.15, 0.2) is 23.1 Å². The maximum Gasteiger partial charge on any atom is 0.243 e. The van der Waals surface area contributed by atoms with E-state index in [1.54, 1.807) is 22.5 Å². The van der Waals surface area contributed by atoms with Gasteiger partial charge in [-0.05, 0) is 50.7 Å². The van der Waals surface area contributed by atoms with E-state index < -0.39 is 10.0 Å². The van der Waals surface area contributed by atoms with Crippen LogP contribution in [0, 0.1) is 5.92 Å². The zero-order valence-electron chi connectivity index (χ0n) is 12.7. The predicted octanol–water partition coefficient (Wildman–Crippen LogP) is 2.41. The number of nitrogens with zero attached hydrogens (tertiary/aromatic N) is 1. The van der Waals surface area contributed by atoms with E-state index in [1.165, 1.54) is 0 Å². The molecule has 0 bridgehead atoms. The lowest BCUT2D eigenvalue weighted by molar-refractivity contribution is 0.171. The Morgan fingerprint density at radius 2 is 1.77 bits per heavy atom. The largest absolute Gasteiger partial charge is 0.486 e. The molecule has 3 aliphatic rings. The quantitative estimate of drug-likeness (QED) is 0.835. The van der Waals surface area contributed by atoms with Crippen LogP contribution >= 0.6 is 0 Å². The van der Waals surface area contributed by atoms with Crippen LogP contribution in [0.25, 0.3) is 0 Å². The van der Waals surface area contributed by atoms with Gasteiger partial charge in [0.1, 0.15) is 13.2 Å². The summed E-state index contributed by atoms with van der Waals surface area (Å²) in [5.41, 5.74) is 0. The normalized spacial score (nSPS) is 22.6. The molecule has 0 spiro atoms. The van der Waals surface area contributed by atoms with Gasteiger partial charge >= 0.3 is 0 Å². The van der Waals surface area contributed by atoms with E-state index >= 15 is 0 Å². The van der Waals surface area contributed by atoms with Gasteiger partial charge in [0, 0.05) is 18.2 Å². The maximum atomic E-state index is 13.1. The summed E-state index contributed by atoms with van der Waals surface area (Å²) in [6, 6.07) is 5.21. The highest BCUT2D eigenvalue weighted by molar-refractivity contribution is 7.89. The Morgan fingerprint density at radius 3 is 2.41 bits per heavy atom. The molecule has 4 rings (SSSR count). The second kappa shape index (κ2) is 5.13. The minimum Gasteiger partial charge on any atom is -0.486 e. The van der Waals surface area contributed by atoms with E-state index in [2.05, 4.69) is 0 Å². The first-order valence-electron chi connectivity index (χ1n) is 8.00. The smallest absolute Gasteiger partial charge is 0.243 e. The van der Waals surface area contributed by atoms with Crippen molar-refractivity contribution in [2.75, 3.05) is 13.2 Å². The van der Waals surface area contributed by atoms with E-state index in [0.717, 1.165) is 25.7 Å². The van der Waals surface area contributed by atoms with Gasteiger partial charge in [-0.2, -0.15) is 4.31 Å². The molecule has 1 aliphatic heterocycles. The van der Waals surface area contributed by atoms with Gasteiger partial charge in [-0.25, -0.2) is 8.42 Å². The van der Waals surface area contributed by atoms with Crippen LogP contribution in [-0.2, 0) is 10.0 Å². The molecular weight excluding hydrogens is 302 g/mol. The summed E-state index contributed by atoms with van der Waals surface area (Å²) >= 11 is 0. The van der Waals surface area contributed by atoms with E-state index in [4.69, 9.17) is 9.47 Å². The lowest BCUT2D eigenvalue weighted by atomic mass is 10.2. The van der Waals surface area contributed by atoms with Crippen LogP contribution < -0.4 is 9.47 Å². The first-order valence-corrected chi connectivity index (χ1v) is 9.44. The van der Waals surface area contributed by atoms with Crippen LogP contribution in [-0.4, -0.2) is 38.0 Å². The van der Waals surface area contributed by atoms with Crippen LogP contribution in [0.4, 0.5) is 0 Å². The summed E-state index contributed by atoms with van der Waals surface area (Å²) in [5.74, 6) is 1.67. The van der Waals surface area contributed by atoms with Gasteiger partial charge in [-0.1, -0.05) is 0 Å². The lowest BCUT2D eigenvalue weighted by Crippen LogP contribution is -2.41. The van der Waals surface area contributed by atoms with Gasteiger partial charge in [0.25, 0.3) is 0 Å². The van der Waals surface area contributed by atoms with Crippen LogP contribution in [0.2, 0.25) is 0 Å². The van der Waals surface area contributed by atoms with Crippen LogP contribution in [0.3, 0.4) is 0 Å². The zero-order valence-corrected chi connectivity index (χ0v) is 13.5. The minimum absolute atomic E-state index is 0.0886.